The van der Waals surface area contributed by atoms with Gasteiger partial charge in [0.2, 0.25) is 0 Å². The Morgan fingerprint density at radius 3 is 3.17 bits per heavy atom. The first-order chi connectivity index (χ1) is 5.75. The van der Waals surface area contributed by atoms with Crippen LogP contribution in [0.4, 0.5) is 4.39 Å². The Hall–Kier alpha value is -1.09. The Labute approximate surface area is 69.6 Å². The molecule has 0 saturated heterocycles. The highest BCUT2D eigenvalue weighted by atomic mass is 19.1. The van der Waals surface area contributed by atoms with E-state index in [4.69, 9.17) is 4.74 Å². The topological polar surface area (TPSA) is 29.5 Å². The van der Waals surface area contributed by atoms with Gasteiger partial charge in [0.1, 0.15) is 18.2 Å². The number of hydrogen-bond donors (Lipinski definition) is 1. The van der Waals surface area contributed by atoms with Crippen molar-refractivity contribution in [2.45, 2.75) is 12.5 Å². The summed E-state index contributed by atoms with van der Waals surface area (Å²) in [5.41, 5.74) is 0.744. The zero-order chi connectivity index (χ0) is 8.55. The van der Waals surface area contributed by atoms with Crippen LogP contribution < -0.4 is 4.74 Å². The first kappa shape index (κ1) is 7.55. The normalized spacial score (nSPS) is 21.3. The van der Waals surface area contributed by atoms with E-state index in [1.54, 1.807) is 6.07 Å². The minimum Gasteiger partial charge on any atom is -0.491 e. The highest BCUT2D eigenvalue weighted by Gasteiger charge is 2.17. The maximum absolute atomic E-state index is 12.7. The zero-order valence-corrected chi connectivity index (χ0v) is 6.46. The molecule has 12 heavy (non-hydrogen) atoms. The quantitative estimate of drug-likeness (QED) is 0.629. The van der Waals surface area contributed by atoms with Crippen LogP contribution in [0.2, 0.25) is 0 Å². The highest BCUT2D eigenvalue weighted by molar-refractivity contribution is 5.35. The van der Waals surface area contributed by atoms with Crippen molar-refractivity contribution in [3.63, 3.8) is 0 Å². The fourth-order valence-corrected chi connectivity index (χ4v) is 1.35. The summed E-state index contributed by atoms with van der Waals surface area (Å²) in [4.78, 5) is 0. The van der Waals surface area contributed by atoms with Gasteiger partial charge in [0, 0.05) is 6.42 Å². The molecular weight excluding hydrogens is 159 g/mol. The molecular formula is C9H9FO2. The molecule has 1 atom stereocenters. The van der Waals surface area contributed by atoms with Gasteiger partial charge in [-0.05, 0) is 23.8 Å². The van der Waals surface area contributed by atoms with Gasteiger partial charge < -0.3 is 9.84 Å². The lowest BCUT2D eigenvalue weighted by Crippen LogP contribution is -2.25. The van der Waals surface area contributed by atoms with Crippen molar-refractivity contribution < 1.29 is 14.2 Å². The van der Waals surface area contributed by atoms with E-state index >= 15 is 0 Å². The molecule has 1 aliphatic rings. The Morgan fingerprint density at radius 2 is 2.33 bits per heavy atom. The van der Waals surface area contributed by atoms with Gasteiger partial charge in [-0.1, -0.05) is 0 Å². The molecule has 1 aromatic rings. The van der Waals surface area contributed by atoms with Crippen LogP contribution in [0.5, 0.6) is 5.75 Å². The molecule has 1 heterocycles. The van der Waals surface area contributed by atoms with Gasteiger partial charge in [-0.3, -0.25) is 0 Å². The maximum atomic E-state index is 12.7. The van der Waals surface area contributed by atoms with Crippen molar-refractivity contribution in [3.05, 3.63) is 29.6 Å². The molecule has 0 amide bonds. The minimum absolute atomic E-state index is 0.286. The summed E-state index contributed by atoms with van der Waals surface area (Å²) in [7, 11) is 0. The van der Waals surface area contributed by atoms with E-state index in [0.717, 1.165) is 5.56 Å². The molecule has 0 radical (unpaired) electrons. The first-order valence-electron chi connectivity index (χ1n) is 3.85. The fraction of sp³-hybridized carbons (Fsp3) is 0.333. The van der Waals surface area contributed by atoms with Gasteiger partial charge in [0.05, 0.1) is 6.10 Å². The summed E-state index contributed by atoms with van der Waals surface area (Å²) in [5.74, 6) is 0.396. The van der Waals surface area contributed by atoms with Gasteiger partial charge in [-0.2, -0.15) is 0 Å². The highest BCUT2D eigenvalue weighted by Crippen LogP contribution is 2.24. The molecule has 1 aromatic carbocycles. The molecule has 0 bridgehead atoms. The largest absolute Gasteiger partial charge is 0.491 e. The number of aliphatic hydroxyl groups excluding tert-OH is 1. The number of hydrogen-bond acceptors (Lipinski definition) is 2. The summed E-state index contributed by atoms with van der Waals surface area (Å²) in [6.45, 7) is 0.304. The molecule has 2 nitrogen and oxygen atoms in total. The smallest absolute Gasteiger partial charge is 0.123 e. The van der Waals surface area contributed by atoms with Crippen LogP contribution in [0.1, 0.15) is 5.56 Å². The van der Waals surface area contributed by atoms with Gasteiger partial charge in [-0.25, -0.2) is 4.39 Å². The molecule has 64 valence electrons. The van der Waals surface area contributed by atoms with E-state index in [-0.39, 0.29) is 5.82 Å². The third-order valence-corrected chi connectivity index (χ3v) is 1.91. The van der Waals surface area contributed by atoms with E-state index in [0.29, 0.717) is 18.8 Å². The van der Waals surface area contributed by atoms with Crippen LogP contribution >= 0.6 is 0 Å². The number of halogens is 1. The van der Waals surface area contributed by atoms with Crippen molar-refractivity contribution in [1.29, 1.82) is 0 Å². The molecule has 0 aliphatic carbocycles. The van der Waals surface area contributed by atoms with E-state index in [9.17, 15) is 9.50 Å². The van der Waals surface area contributed by atoms with Crippen LogP contribution in [0.15, 0.2) is 18.2 Å². The number of fused-ring (bicyclic) bond motifs is 1. The standard InChI is InChI=1S/C9H9FO2/c10-7-1-2-9-6(3-7)4-8(11)5-12-9/h1-3,8,11H,4-5H2. The Balaban J connectivity index is 2.37. The zero-order valence-electron chi connectivity index (χ0n) is 6.46. The molecule has 0 saturated carbocycles. The molecule has 2 rings (SSSR count). The maximum Gasteiger partial charge on any atom is 0.123 e. The van der Waals surface area contributed by atoms with Gasteiger partial charge in [0.15, 0.2) is 0 Å². The predicted molar refractivity (Wildman–Crippen MR) is 41.6 cm³/mol. The molecule has 1 unspecified atom stereocenters. The second-order valence-corrected chi connectivity index (χ2v) is 2.92. The molecule has 1 N–H and O–H groups in total. The van der Waals surface area contributed by atoms with Gasteiger partial charge >= 0.3 is 0 Å². The Bertz CT molecular complexity index is 299. The number of ether oxygens (including phenoxy) is 1. The van der Waals surface area contributed by atoms with Crippen LogP contribution in [-0.4, -0.2) is 17.8 Å². The summed E-state index contributed by atoms with van der Waals surface area (Å²) in [6.07, 6.45) is -0.0214. The second kappa shape index (κ2) is 2.75. The van der Waals surface area contributed by atoms with Gasteiger partial charge in [0.25, 0.3) is 0 Å². The first-order valence-corrected chi connectivity index (χ1v) is 3.85. The molecule has 0 spiro atoms. The van der Waals surface area contributed by atoms with Crippen molar-refractivity contribution in [2.24, 2.45) is 0 Å². The molecule has 1 aliphatic heterocycles. The molecule has 0 fully saturated rings. The predicted octanol–water partition coefficient (Wildman–Crippen LogP) is 1.12. The van der Waals surface area contributed by atoms with Crippen LogP contribution in [-0.2, 0) is 6.42 Å². The lowest BCUT2D eigenvalue weighted by Gasteiger charge is -2.21. The lowest BCUT2D eigenvalue weighted by molar-refractivity contribution is 0.0919. The molecule has 0 aromatic heterocycles. The Kier molecular flexibility index (Phi) is 1.73. The average Bonchev–Trinajstić information content (AvgIpc) is 2.03. The van der Waals surface area contributed by atoms with Gasteiger partial charge in [-0.15, -0.1) is 0 Å². The summed E-state index contributed by atoms with van der Waals surface area (Å²) >= 11 is 0. The van der Waals surface area contributed by atoms with Crippen LogP contribution in [0.3, 0.4) is 0 Å². The van der Waals surface area contributed by atoms with Crippen molar-refractivity contribution in [2.75, 3.05) is 6.61 Å². The molecule has 3 heteroatoms. The summed E-state index contributed by atoms with van der Waals surface area (Å²) < 4.78 is 17.9. The number of aliphatic hydroxyl groups is 1. The SMILES string of the molecule is OC1COc2ccc(F)cc2C1. The van der Waals surface area contributed by atoms with Crippen molar-refractivity contribution >= 4 is 0 Å². The second-order valence-electron chi connectivity index (χ2n) is 2.92. The number of benzene rings is 1. The Morgan fingerprint density at radius 1 is 1.50 bits per heavy atom. The van der Waals surface area contributed by atoms with Crippen molar-refractivity contribution in [1.82, 2.24) is 0 Å². The summed E-state index contributed by atoms with van der Waals surface area (Å²) in [5, 5.41) is 9.20. The number of rotatable bonds is 0. The van der Waals surface area contributed by atoms with Crippen LogP contribution in [0, 0.1) is 5.82 Å². The fourth-order valence-electron chi connectivity index (χ4n) is 1.35. The monoisotopic (exact) mass is 168 g/mol. The van der Waals surface area contributed by atoms with E-state index < -0.39 is 6.10 Å². The minimum atomic E-state index is -0.501. The van der Waals surface area contributed by atoms with Crippen molar-refractivity contribution in [3.8, 4) is 5.75 Å². The lowest BCUT2D eigenvalue weighted by atomic mass is 10.0. The van der Waals surface area contributed by atoms with E-state index in [1.165, 1.54) is 12.1 Å². The van der Waals surface area contributed by atoms with E-state index in [1.807, 2.05) is 0 Å². The van der Waals surface area contributed by atoms with Crippen LogP contribution in [0.25, 0.3) is 0 Å². The summed E-state index contributed by atoms with van der Waals surface area (Å²) in [6, 6.07) is 4.35. The van der Waals surface area contributed by atoms with E-state index in [2.05, 4.69) is 0 Å². The third-order valence-electron chi connectivity index (χ3n) is 1.91. The third kappa shape index (κ3) is 1.28. The average molecular weight is 168 g/mol.